The Morgan fingerprint density at radius 3 is 2.82 bits per heavy atom. The number of carbonyl (C=O) groups is 2. The molecule has 1 unspecified atom stereocenters. The van der Waals surface area contributed by atoms with Crippen molar-refractivity contribution in [1.29, 1.82) is 0 Å². The summed E-state index contributed by atoms with van der Waals surface area (Å²) in [5, 5.41) is 5.47. The third-order valence-corrected chi connectivity index (χ3v) is 2.67. The summed E-state index contributed by atoms with van der Waals surface area (Å²) in [5.74, 6) is -0.221. The summed E-state index contributed by atoms with van der Waals surface area (Å²) < 4.78 is 0. The zero-order valence-electron chi connectivity index (χ0n) is 9.62. The Morgan fingerprint density at radius 1 is 1.47 bits per heavy atom. The summed E-state index contributed by atoms with van der Waals surface area (Å²) in [7, 11) is 0. The molecule has 0 aromatic heterocycles. The van der Waals surface area contributed by atoms with Gasteiger partial charge in [0.1, 0.15) is 0 Å². The van der Waals surface area contributed by atoms with Crippen LogP contribution in [-0.2, 0) is 4.79 Å². The zero-order chi connectivity index (χ0) is 12.4. The molecular formula is C12H15N3O2. The van der Waals surface area contributed by atoms with Gasteiger partial charge in [0.05, 0.1) is 6.04 Å². The third kappa shape index (κ3) is 2.75. The molecule has 1 aromatic carbocycles. The number of benzene rings is 1. The molecule has 90 valence electrons. The number of aryl methyl sites for hydroxylation is 1. The lowest BCUT2D eigenvalue weighted by atomic mass is 10.1. The molecule has 0 saturated carbocycles. The van der Waals surface area contributed by atoms with Crippen LogP contribution in [0.1, 0.15) is 22.3 Å². The highest BCUT2D eigenvalue weighted by atomic mass is 16.2. The average Bonchev–Trinajstić information content (AvgIpc) is 2.62. The maximum atomic E-state index is 11.9. The smallest absolute Gasteiger partial charge is 0.251 e. The van der Waals surface area contributed by atoms with Gasteiger partial charge in [-0.15, -0.1) is 0 Å². The average molecular weight is 233 g/mol. The van der Waals surface area contributed by atoms with E-state index in [-0.39, 0.29) is 17.9 Å². The minimum atomic E-state index is -0.193. The van der Waals surface area contributed by atoms with Crippen LogP contribution >= 0.6 is 0 Å². The summed E-state index contributed by atoms with van der Waals surface area (Å²) in [6, 6.07) is 5.08. The summed E-state index contributed by atoms with van der Waals surface area (Å²) in [4.78, 5) is 22.9. The molecule has 2 rings (SSSR count). The van der Waals surface area contributed by atoms with E-state index in [9.17, 15) is 9.59 Å². The molecule has 0 aliphatic carbocycles. The molecule has 0 bridgehead atoms. The molecule has 0 spiro atoms. The van der Waals surface area contributed by atoms with E-state index in [2.05, 4.69) is 10.6 Å². The second-order valence-corrected chi connectivity index (χ2v) is 4.31. The van der Waals surface area contributed by atoms with Crippen molar-refractivity contribution in [3.05, 3.63) is 29.3 Å². The van der Waals surface area contributed by atoms with Crippen molar-refractivity contribution in [3.8, 4) is 0 Å². The van der Waals surface area contributed by atoms with E-state index < -0.39 is 0 Å². The van der Waals surface area contributed by atoms with Gasteiger partial charge in [0, 0.05) is 24.2 Å². The Hall–Kier alpha value is -2.04. The minimum absolute atomic E-state index is 0.0287. The van der Waals surface area contributed by atoms with Gasteiger partial charge in [-0.1, -0.05) is 0 Å². The molecular weight excluding hydrogens is 218 g/mol. The Morgan fingerprint density at radius 2 is 2.24 bits per heavy atom. The van der Waals surface area contributed by atoms with E-state index in [1.807, 2.05) is 6.92 Å². The number of anilines is 1. The predicted molar refractivity (Wildman–Crippen MR) is 64.5 cm³/mol. The quantitative estimate of drug-likeness (QED) is 0.638. The predicted octanol–water partition coefficient (Wildman–Crippen LogP) is 0.196. The first-order chi connectivity index (χ1) is 8.04. The molecule has 1 atom stereocenters. The summed E-state index contributed by atoms with van der Waals surface area (Å²) >= 11 is 0. The Bertz CT molecular complexity index is 451. The van der Waals surface area contributed by atoms with Crippen LogP contribution in [0.15, 0.2) is 18.2 Å². The lowest BCUT2D eigenvalue weighted by Gasteiger charge is -2.11. The van der Waals surface area contributed by atoms with E-state index in [4.69, 9.17) is 5.73 Å². The van der Waals surface area contributed by atoms with Gasteiger partial charge < -0.3 is 16.4 Å². The zero-order valence-corrected chi connectivity index (χ0v) is 9.62. The fourth-order valence-corrected chi connectivity index (χ4v) is 1.92. The van der Waals surface area contributed by atoms with Crippen molar-refractivity contribution < 1.29 is 9.59 Å². The van der Waals surface area contributed by atoms with E-state index in [1.54, 1.807) is 18.2 Å². The van der Waals surface area contributed by atoms with Crippen molar-refractivity contribution in [3.63, 3.8) is 0 Å². The monoisotopic (exact) mass is 233 g/mol. The van der Waals surface area contributed by atoms with Gasteiger partial charge in [-0.2, -0.15) is 0 Å². The van der Waals surface area contributed by atoms with Crippen molar-refractivity contribution in [1.82, 2.24) is 10.6 Å². The van der Waals surface area contributed by atoms with Crippen LogP contribution in [0.4, 0.5) is 5.69 Å². The fourth-order valence-electron chi connectivity index (χ4n) is 1.92. The molecule has 0 radical (unpaired) electrons. The number of amides is 2. The Kier molecular flexibility index (Phi) is 2.99. The molecule has 1 saturated heterocycles. The SMILES string of the molecule is Cc1cc(N)cc(C(=O)NC2CNC(=O)C2)c1. The lowest BCUT2D eigenvalue weighted by molar-refractivity contribution is -0.119. The fraction of sp³-hybridized carbons (Fsp3) is 0.333. The molecule has 1 aliphatic rings. The maximum Gasteiger partial charge on any atom is 0.251 e. The van der Waals surface area contributed by atoms with Crippen molar-refractivity contribution in [2.75, 3.05) is 12.3 Å². The van der Waals surface area contributed by atoms with Crippen LogP contribution in [0.3, 0.4) is 0 Å². The number of carbonyl (C=O) groups excluding carboxylic acids is 2. The van der Waals surface area contributed by atoms with Gasteiger partial charge in [0.2, 0.25) is 5.91 Å². The molecule has 5 nitrogen and oxygen atoms in total. The maximum absolute atomic E-state index is 11.9. The van der Waals surface area contributed by atoms with Crippen molar-refractivity contribution >= 4 is 17.5 Å². The summed E-state index contributed by atoms with van der Waals surface area (Å²) in [6.07, 6.45) is 0.340. The molecule has 1 fully saturated rings. The van der Waals surface area contributed by atoms with Gasteiger partial charge in [0.25, 0.3) is 5.91 Å². The molecule has 1 aromatic rings. The molecule has 1 heterocycles. The van der Waals surface area contributed by atoms with Gasteiger partial charge in [0.15, 0.2) is 0 Å². The summed E-state index contributed by atoms with van der Waals surface area (Å²) in [5.41, 5.74) is 7.72. The first-order valence-corrected chi connectivity index (χ1v) is 5.49. The standard InChI is InChI=1S/C12H15N3O2/c1-7-2-8(4-9(13)3-7)12(17)15-10-5-11(16)14-6-10/h2-4,10H,5-6,13H2,1H3,(H,14,16)(H,15,17). The third-order valence-electron chi connectivity index (χ3n) is 2.67. The van der Waals surface area contributed by atoms with Gasteiger partial charge in [-0.25, -0.2) is 0 Å². The van der Waals surface area contributed by atoms with E-state index in [0.717, 1.165) is 5.56 Å². The number of nitrogens with one attached hydrogen (secondary N) is 2. The lowest BCUT2D eigenvalue weighted by Crippen LogP contribution is -2.36. The number of rotatable bonds is 2. The van der Waals surface area contributed by atoms with Gasteiger partial charge in [-0.05, 0) is 30.7 Å². The van der Waals surface area contributed by atoms with Crippen molar-refractivity contribution in [2.45, 2.75) is 19.4 Å². The second-order valence-electron chi connectivity index (χ2n) is 4.31. The highest BCUT2D eigenvalue weighted by Crippen LogP contribution is 2.12. The van der Waals surface area contributed by atoms with Crippen LogP contribution < -0.4 is 16.4 Å². The van der Waals surface area contributed by atoms with Crippen LogP contribution in [0, 0.1) is 6.92 Å². The van der Waals surface area contributed by atoms with Crippen LogP contribution in [0.25, 0.3) is 0 Å². The highest BCUT2D eigenvalue weighted by molar-refractivity contribution is 5.96. The van der Waals surface area contributed by atoms with Crippen LogP contribution in [0.5, 0.6) is 0 Å². The van der Waals surface area contributed by atoms with E-state index in [1.165, 1.54) is 0 Å². The first kappa shape index (κ1) is 11.4. The number of nitrogens with two attached hydrogens (primary N) is 1. The van der Waals surface area contributed by atoms with Crippen LogP contribution in [-0.4, -0.2) is 24.4 Å². The van der Waals surface area contributed by atoms with Gasteiger partial charge >= 0.3 is 0 Å². The second kappa shape index (κ2) is 4.45. The molecule has 4 N–H and O–H groups in total. The Balaban J connectivity index is 2.06. The minimum Gasteiger partial charge on any atom is -0.399 e. The molecule has 17 heavy (non-hydrogen) atoms. The number of hydrogen-bond acceptors (Lipinski definition) is 3. The molecule has 2 amide bonds. The topological polar surface area (TPSA) is 84.2 Å². The Labute approximate surface area is 99.4 Å². The molecule has 1 aliphatic heterocycles. The molecule has 5 heteroatoms. The van der Waals surface area contributed by atoms with Gasteiger partial charge in [-0.3, -0.25) is 9.59 Å². The number of hydrogen-bond donors (Lipinski definition) is 3. The summed E-state index contributed by atoms with van der Waals surface area (Å²) in [6.45, 7) is 2.37. The van der Waals surface area contributed by atoms with E-state index >= 15 is 0 Å². The largest absolute Gasteiger partial charge is 0.399 e. The van der Waals surface area contributed by atoms with Crippen molar-refractivity contribution in [2.24, 2.45) is 0 Å². The van der Waals surface area contributed by atoms with Crippen LogP contribution in [0.2, 0.25) is 0 Å². The number of nitrogen functional groups attached to an aromatic ring is 1. The highest BCUT2D eigenvalue weighted by Gasteiger charge is 2.23. The van der Waals surface area contributed by atoms with E-state index in [0.29, 0.717) is 24.2 Å². The first-order valence-electron chi connectivity index (χ1n) is 5.49. The normalized spacial score (nSPS) is 18.9.